The van der Waals surface area contributed by atoms with Gasteiger partial charge in [-0.2, -0.15) is 9.78 Å². The molecule has 4 rings (SSSR count). The van der Waals surface area contributed by atoms with Crippen LogP contribution in [0.2, 0.25) is 5.02 Å². The molecule has 204 valence electrons. The van der Waals surface area contributed by atoms with Gasteiger partial charge in [-0.1, -0.05) is 44.5 Å². The minimum atomic E-state index is -0.275. The van der Waals surface area contributed by atoms with E-state index in [4.69, 9.17) is 30.8 Å². The van der Waals surface area contributed by atoms with Crippen LogP contribution in [-0.2, 0) is 0 Å². The molecule has 0 N–H and O–H groups in total. The molecule has 0 amide bonds. The Morgan fingerprint density at radius 3 is 2.44 bits per heavy atom. The third-order valence-corrected chi connectivity index (χ3v) is 6.94. The van der Waals surface area contributed by atoms with Crippen LogP contribution in [0.1, 0.15) is 56.7 Å². The Hall–Kier alpha value is -3.84. The van der Waals surface area contributed by atoms with Crippen LogP contribution >= 0.6 is 11.6 Å². The average Bonchev–Trinajstić information content (AvgIpc) is 2.93. The smallest absolute Gasteiger partial charge is 0.282 e. The quantitative estimate of drug-likeness (QED) is 0.207. The molecule has 1 aromatic heterocycles. The van der Waals surface area contributed by atoms with Crippen molar-refractivity contribution < 1.29 is 14.2 Å². The van der Waals surface area contributed by atoms with Crippen molar-refractivity contribution in [1.29, 1.82) is 0 Å². The summed E-state index contributed by atoms with van der Waals surface area (Å²) < 4.78 is 18.5. The summed E-state index contributed by atoms with van der Waals surface area (Å²) in [5.41, 5.74) is 3.70. The highest BCUT2D eigenvalue weighted by Gasteiger charge is 2.19. The van der Waals surface area contributed by atoms with Gasteiger partial charge in [0.15, 0.2) is 17.3 Å². The van der Waals surface area contributed by atoms with E-state index in [0.717, 1.165) is 28.9 Å². The fourth-order valence-electron chi connectivity index (χ4n) is 4.31. The number of halogens is 1. The molecule has 0 saturated heterocycles. The van der Waals surface area contributed by atoms with Crippen molar-refractivity contribution in [1.82, 2.24) is 9.66 Å². The fraction of sp³-hybridized carbons (Fsp3) is 0.323. The van der Waals surface area contributed by atoms with Crippen molar-refractivity contribution in [3.63, 3.8) is 0 Å². The van der Waals surface area contributed by atoms with Gasteiger partial charge in [0.05, 0.1) is 42.5 Å². The molecule has 0 aliphatic rings. The summed E-state index contributed by atoms with van der Waals surface area (Å²) >= 11 is 6.57. The molecule has 0 spiro atoms. The number of ether oxygens (including phenoxy) is 3. The van der Waals surface area contributed by atoms with E-state index in [1.807, 2.05) is 51.1 Å². The molecule has 7 nitrogen and oxygen atoms in total. The van der Waals surface area contributed by atoms with E-state index in [1.165, 1.54) is 4.68 Å². The molecule has 1 heterocycles. The van der Waals surface area contributed by atoms with Gasteiger partial charge in [0.2, 0.25) is 0 Å². The van der Waals surface area contributed by atoms with Crippen LogP contribution in [0.25, 0.3) is 22.3 Å². The lowest BCUT2D eigenvalue weighted by Gasteiger charge is -2.18. The van der Waals surface area contributed by atoms with Gasteiger partial charge < -0.3 is 14.2 Å². The summed E-state index contributed by atoms with van der Waals surface area (Å²) in [5.74, 6) is 2.40. The van der Waals surface area contributed by atoms with Crippen molar-refractivity contribution in [3.05, 3.63) is 80.6 Å². The van der Waals surface area contributed by atoms with Gasteiger partial charge in [0, 0.05) is 5.56 Å². The van der Waals surface area contributed by atoms with Crippen LogP contribution in [0, 0.1) is 6.92 Å². The van der Waals surface area contributed by atoms with Gasteiger partial charge in [-0.05, 0) is 79.3 Å². The Bertz CT molecular complexity index is 1590. The lowest BCUT2D eigenvalue weighted by molar-refractivity contribution is 0.208. The van der Waals surface area contributed by atoms with Crippen LogP contribution in [-0.4, -0.2) is 36.2 Å². The van der Waals surface area contributed by atoms with Crippen molar-refractivity contribution in [3.8, 4) is 28.6 Å². The number of hydrogen-bond donors (Lipinski definition) is 0. The normalized spacial score (nSPS) is 12.3. The molecular formula is C31H34ClN3O4. The minimum absolute atomic E-state index is 0.0239. The summed E-state index contributed by atoms with van der Waals surface area (Å²) in [6.45, 7) is 10.2. The highest BCUT2D eigenvalue weighted by Crippen LogP contribution is 2.37. The SMILES string of the molecule is CC[C@H](C)Oc1c(Cl)cc(C=Nn2c(-c3cc(C(C)C)c(OC)cc3C)nc3ccccc3c2=O)cc1OC. The number of aromatic nitrogens is 2. The van der Waals surface area contributed by atoms with Gasteiger partial charge in [-0.3, -0.25) is 4.79 Å². The van der Waals surface area contributed by atoms with E-state index in [2.05, 4.69) is 18.9 Å². The lowest BCUT2D eigenvalue weighted by Crippen LogP contribution is -2.21. The number of rotatable bonds is 9. The topological polar surface area (TPSA) is 74.9 Å². The highest BCUT2D eigenvalue weighted by molar-refractivity contribution is 6.32. The van der Waals surface area contributed by atoms with Crippen molar-refractivity contribution in [2.45, 2.75) is 53.1 Å². The number of nitrogens with zero attached hydrogens (tertiary/aromatic N) is 3. The van der Waals surface area contributed by atoms with E-state index in [9.17, 15) is 4.79 Å². The molecule has 0 saturated carbocycles. The van der Waals surface area contributed by atoms with Gasteiger partial charge in [0.25, 0.3) is 5.56 Å². The van der Waals surface area contributed by atoms with Crippen molar-refractivity contribution in [2.75, 3.05) is 14.2 Å². The molecule has 0 aliphatic heterocycles. The standard InChI is InChI=1S/C31H34ClN3O4/c1-8-20(5)39-29-25(32)14-21(15-28(29)38-7)17-33-35-30(34-26-12-10-9-11-22(26)31(35)36)24-16-23(18(2)3)27(37-6)13-19(24)4/h9-18,20H,8H2,1-7H3/t20-/m0/s1. The first-order valence-corrected chi connectivity index (χ1v) is 13.3. The highest BCUT2D eigenvalue weighted by atomic mass is 35.5. The maximum atomic E-state index is 13.7. The predicted octanol–water partition coefficient (Wildman–Crippen LogP) is 7.23. The van der Waals surface area contributed by atoms with Crippen LogP contribution in [0.4, 0.5) is 0 Å². The molecule has 8 heteroatoms. The van der Waals surface area contributed by atoms with Gasteiger partial charge >= 0.3 is 0 Å². The molecule has 0 radical (unpaired) electrons. The third-order valence-electron chi connectivity index (χ3n) is 6.66. The second-order valence-corrected chi connectivity index (χ2v) is 10.2. The van der Waals surface area contributed by atoms with Crippen LogP contribution in [0.3, 0.4) is 0 Å². The maximum absolute atomic E-state index is 13.7. The van der Waals surface area contributed by atoms with E-state index in [-0.39, 0.29) is 17.6 Å². The monoisotopic (exact) mass is 547 g/mol. The minimum Gasteiger partial charge on any atom is -0.496 e. The molecule has 3 aromatic carbocycles. The second kappa shape index (κ2) is 11.9. The number of para-hydroxylation sites is 1. The van der Waals surface area contributed by atoms with Crippen LogP contribution in [0.5, 0.6) is 17.2 Å². The Balaban J connectivity index is 1.91. The average molecular weight is 548 g/mol. The summed E-state index contributed by atoms with van der Waals surface area (Å²) in [6.07, 6.45) is 2.38. The Kier molecular flexibility index (Phi) is 8.60. The summed E-state index contributed by atoms with van der Waals surface area (Å²) in [7, 11) is 3.22. The Labute approximate surface area is 234 Å². The zero-order valence-electron chi connectivity index (χ0n) is 23.4. The van der Waals surface area contributed by atoms with Gasteiger partial charge in [-0.15, -0.1) is 0 Å². The third kappa shape index (κ3) is 5.78. The Morgan fingerprint density at radius 2 is 1.77 bits per heavy atom. The molecule has 1 atom stereocenters. The van der Waals surface area contributed by atoms with E-state index in [1.54, 1.807) is 38.6 Å². The largest absolute Gasteiger partial charge is 0.496 e. The number of aryl methyl sites for hydroxylation is 1. The first kappa shape index (κ1) is 28.2. The molecular weight excluding hydrogens is 514 g/mol. The van der Waals surface area contributed by atoms with Crippen LogP contribution < -0.4 is 19.8 Å². The van der Waals surface area contributed by atoms with Gasteiger partial charge in [-0.25, -0.2) is 4.98 Å². The molecule has 39 heavy (non-hydrogen) atoms. The lowest BCUT2D eigenvalue weighted by atomic mass is 9.96. The zero-order valence-corrected chi connectivity index (χ0v) is 24.2. The molecule has 0 bridgehead atoms. The summed E-state index contributed by atoms with van der Waals surface area (Å²) in [5, 5.41) is 5.48. The second-order valence-electron chi connectivity index (χ2n) is 9.75. The summed E-state index contributed by atoms with van der Waals surface area (Å²) in [6, 6.07) is 14.8. The number of fused-ring (bicyclic) bond motifs is 1. The van der Waals surface area contributed by atoms with Crippen LogP contribution in [0.15, 0.2) is 58.4 Å². The fourth-order valence-corrected chi connectivity index (χ4v) is 4.57. The number of methoxy groups -OCH3 is 2. The number of hydrogen-bond acceptors (Lipinski definition) is 6. The van der Waals surface area contributed by atoms with E-state index in [0.29, 0.717) is 38.8 Å². The van der Waals surface area contributed by atoms with Gasteiger partial charge in [0.1, 0.15) is 5.75 Å². The first-order chi connectivity index (χ1) is 18.7. The van der Waals surface area contributed by atoms with E-state index < -0.39 is 0 Å². The molecule has 4 aromatic rings. The molecule has 0 fully saturated rings. The van der Waals surface area contributed by atoms with Crippen molar-refractivity contribution in [2.24, 2.45) is 5.10 Å². The maximum Gasteiger partial charge on any atom is 0.282 e. The predicted molar refractivity (Wildman–Crippen MR) is 158 cm³/mol. The van der Waals surface area contributed by atoms with E-state index >= 15 is 0 Å². The number of benzene rings is 3. The first-order valence-electron chi connectivity index (χ1n) is 13.0. The van der Waals surface area contributed by atoms with Crippen molar-refractivity contribution >= 4 is 28.7 Å². The zero-order chi connectivity index (χ0) is 28.3. The Morgan fingerprint density at radius 1 is 1.05 bits per heavy atom. The molecule has 0 unspecified atom stereocenters. The molecule has 0 aliphatic carbocycles. The summed E-state index contributed by atoms with van der Waals surface area (Å²) in [4.78, 5) is 18.6.